The number of nitrogens with zero attached hydrogens (tertiary/aromatic N) is 2. The Morgan fingerprint density at radius 2 is 2.04 bits per heavy atom. The number of anilines is 1. The number of hydrogen-bond donors (Lipinski definition) is 1. The number of benzene rings is 1. The van der Waals surface area contributed by atoms with Crippen LogP contribution in [0.15, 0.2) is 46.8 Å². The third kappa shape index (κ3) is 3.48. The quantitative estimate of drug-likeness (QED) is 0.783. The van der Waals surface area contributed by atoms with Crippen molar-refractivity contribution < 1.29 is 4.79 Å². The van der Waals surface area contributed by atoms with Crippen LogP contribution in [0.25, 0.3) is 10.2 Å². The molecule has 0 radical (unpaired) electrons. The summed E-state index contributed by atoms with van der Waals surface area (Å²) in [7, 11) is 0. The molecule has 118 valence electrons. The highest BCUT2D eigenvalue weighted by molar-refractivity contribution is 7.16. The van der Waals surface area contributed by atoms with E-state index < -0.39 is 0 Å². The largest absolute Gasteiger partial charge is 0.326 e. The normalized spacial score (nSPS) is 10.8. The van der Waals surface area contributed by atoms with E-state index in [4.69, 9.17) is 0 Å². The van der Waals surface area contributed by atoms with Crippen molar-refractivity contribution >= 4 is 33.1 Å². The predicted octanol–water partition coefficient (Wildman–Crippen LogP) is 3.05. The highest BCUT2D eigenvalue weighted by atomic mass is 32.1. The van der Waals surface area contributed by atoms with Gasteiger partial charge < -0.3 is 5.32 Å². The van der Waals surface area contributed by atoms with Gasteiger partial charge in [0.1, 0.15) is 4.83 Å². The molecule has 0 unspecified atom stereocenters. The third-order valence-corrected chi connectivity index (χ3v) is 4.50. The Morgan fingerprint density at radius 3 is 2.78 bits per heavy atom. The molecular weight excluding hydrogens is 310 g/mol. The lowest BCUT2D eigenvalue weighted by molar-refractivity contribution is -0.116. The second kappa shape index (κ2) is 6.75. The molecule has 5 nitrogen and oxygen atoms in total. The summed E-state index contributed by atoms with van der Waals surface area (Å²) in [6, 6.07) is 9.54. The highest BCUT2D eigenvalue weighted by Gasteiger charge is 2.07. The Bertz CT molecular complexity index is 881. The lowest BCUT2D eigenvalue weighted by Gasteiger charge is -2.07. The molecular formula is C17H17N3O2S. The zero-order chi connectivity index (χ0) is 16.2. The SMILES string of the molecule is CCc1ccc(NC(=O)CCn2cnc3sccc3c2=O)cc1. The molecule has 2 aromatic heterocycles. The zero-order valence-electron chi connectivity index (χ0n) is 12.8. The van der Waals surface area contributed by atoms with E-state index in [-0.39, 0.29) is 17.9 Å². The van der Waals surface area contributed by atoms with Crippen LogP contribution in [0.3, 0.4) is 0 Å². The molecule has 6 heteroatoms. The number of nitrogens with one attached hydrogen (secondary N) is 1. The second-order valence-corrected chi connectivity index (χ2v) is 6.13. The van der Waals surface area contributed by atoms with Crippen molar-refractivity contribution in [1.29, 1.82) is 0 Å². The van der Waals surface area contributed by atoms with E-state index in [1.54, 1.807) is 6.07 Å². The number of aromatic nitrogens is 2. The number of fused-ring (bicyclic) bond motifs is 1. The monoisotopic (exact) mass is 327 g/mol. The van der Waals surface area contributed by atoms with Crippen LogP contribution in [0.1, 0.15) is 18.9 Å². The van der Waals surface area contributed by atoms with Crippen LogP contribution in [0.4, 0.5) is 5.69 Å². The Kier molecular flexibility index (Phi) is 4.52. The summed E-state index contributed by atoms with van der Waals surface area (Å²) in [5, 5.41) is 5.29. The van der Waals surface area contributed by atoms with Crippen LogP contribution in [0, 0.1) is 0 Å². The van der Waals surface area contributed by atoms with Crippen molar-refractivity contribution in [3.8, 4) is 0 Å². The topological polar surface area (TPSA) is 64.0 Å². The molecule has 23 heavy (non-hydrogen) atoms. The van der Waals surface area contributed by atoms with Crippen molar-refractivity contribution in [2.24, 2.45) is 0 Å². The first-order chi connectivity index (χ1) is 11.2. The van der Waals surface area contributed by atoms with E-state index in [0.717, 1.165) is 16.9 Å². The lowest BCUT2D eigenvalue weighted by Crippen LogP contribution is -2.23. The molecule has 1 N–H and O–H groups in total. The summed E-state index contributed by atoms with van der Waals surface area (Å²) in [4.78, 5) is 29.2. The first-order valence-corrected chi connectivity index (χ1v) is 8.37. The van der Waals surface area contributed by atoms with Gasteiger partial charge in [-0.1, -0.05) is 19.1 Å². The summed E-state index contributed by atoms with van der Waals surface area (Å²) < 4.78 is 1.48. The summed E-state index contributed by atoms with van der Waals surface area (Å²) in [5.74, 6) is -0.119. The molecule has 0 fully saturated rings. The average Bonchev–Trinajstić information content (AvgIpc) is 3.04. The molecule has 3 aromatic rings. The van der Waals surface area contributed by atoms with Crippen LogP contribution < -0.4 is 10.9 Å². The maximum absolute atomic E-state index is 12.2. The Hall–Kier alpha value is -2.47. The van der Waals surface area contributed by atoms with Gasteiger partial charge in [-0.3, -0.25) is 14.2 Å². The summed E-state index contributed by atoms with van der Waals surface area (Å²) >= 11 is 1.44. The lowest BCUT2D eigenvalue weighted by atomic mass is 10.1. The maximum atomic E-state index is 12.2. The fraction of sp³-hybridized carbons (Fsp3) is 0.235. The molecule has 0 saturated carbocycles. The van der Waals surface area contributed by atoms with E-state index in [9.17, 15) is 9.59 Å². The van der Waals surface area contributed by atoms with Crippen LogP contribution in [-0.4, -0.2) is 15.5 Å². The predicted molar refractivity (Wildman–Crippen MR) is 92.9 cm³/mol. The third-order valence-electron chi connectivity index (χ3n) is 3.68. The molecule has 2 heterocycles. The molecule has 0 aliphatic rings. The van der Waals surface area contributed by atoms with Crippen LogP contribution >= 0.6 is 11.3 Å². The van der Waals surface area contributed by atoms with Crippen LogP contribution in [0.5, 0.6) is 0 Å². The van der Waals surface area contributed by atoms with Crippen molar-refractivity contribution in [3.05, 3.63) is 58.0 Å². The highest BCUT2D eigenvalue weighted by Crippen LogP contribution is 2.13. The van der Waals surface area contributed by atoms with Crippen LogP contribution in [-0.2, 0) is 17.8 Å². The number of aryl methyl sites for hydroxylation is 2. The van der Waals surface area contributed by atoms with Crippen molar-refractivity contribution in [2.75, 3.05) is 5.32 Å². The summed E-state index contributed by atoms with van der Waals surface area (Å²) in [6.45, 7) is 2.40. The molecule has 0 atom stereocenters. The minimum Gasteiger partial charge on any atom is -0.326 e. The van der Waals surface area contributed by atoms with Crippen LogP contribution in [0.2, 0.25) is 0 Å². The van der Waals surface area contributed by atoms with E-state index in [2.05, 4.69) is 17.2 Å². The van der Waals surface area contributed by atoms with E-state index in [1.165, 1.54) is 27.8 Å². The number of amides is 1. The van der Waals surface area contributed by atoms with Gasteiger partial charge in [0.2, 0.25) is 5.91 Å². The van der Waals surface area contributed by atoms with Gasteiger partial charge in [-0.25, -0.2) is 4.98 Å². The van der Waals surface area contributed by atoms with Gasteiger partial charge in [0.25, 0.3) is 5.56 Å². The van der Waals surface area contributed by atoms with Gasteiger partial charge in [0.15, 0.2) is 0 Å². The van der Waals surface area contributed by atoms with Gasteiger partial charge in [0, 0.05) is 18.7 Å². The number of carbonyl (C=O) groups is 1. The molecule has 0 bridgehead atoms. The number of carbonyl (C=O) groups excluding carboxylic acids is 1. The molecule has 0 aliphatic carbocycles. The van der Waals surface area contributed by atoms with Gasteiger partial charge in [0.05, 0.1) is 11.7 Å². The Morgan fingerprint density at radius 1 is 1.26 bits per heavy atom. The molecule has 1 amide bonds. The van der Waals surface area contributed by atoms with Gasteiger partial charge in [-0.15, -0.1) is 11.3 Å². The van der Waals surface area contributed by atoms with E-state index >= 15 is 0 Å². The maximum Gasteiger partial charge on any atom is 0.262 e. The van der Waals surface area contributed by atoms with Gasteiger partial charge in [-0.05, 0) is 35.6 Å². The van der Waals surface area contributed by atoms with Gasteiger partial charge >= 0.3 is 0 Å². The molecule has 0 saturated heterocycles. The first-order valence-electron chi connectivity index (χ1n) is 7.49. The van der Waals surface area contributed by atoms with E-state index in [1.807, 2.05) is 29.6 Å². The van der Waals surface area contributed by atoms with Crippen molar-refractivity contribution in [3.63, 3.8) is 0 Å². The number of hydrogen-bond acceptors (Lipinski definition) is 4. The smallest absolute Gasteiger partial charge is 0.262 e. The minimum atomic E-state index is -0.119. The molecule has 0 aliphatic heterocycles. The van der Waals surface area contributed by atoms with Crippen molar-refractivity contribution in [2.45, 2.75) is 26.3 Å². The Balaban J connectivity index is 1.63. The van der Waals surface area contributed by atoms with Crippen molar-refractivity contribution in [1.82, 2.24) is 9.55 Å². The fourth-order valence-corrected chi connectivity index (χ4v) is 3.05. The fourth-order valence-electron chi connectivity index (χ4n) is 2.32. The van der Waals surface area contributed by atoms with E-state index in [0.29, 0.717) is 11.9 Å². The van der Waals surface area contributed by atoms with Gasteiger partial charge in [-0.2, -0.15) is 0 Å². The minimum absolute atomic E-state index is 0.101. The molecule has 1 aromatic carbocycles. The second-order valence-electron chi connectivity index (χ2n) is 5.23. The first kappa shape index (κ1) is 15.4. The summed E-state index contributed by atoms with van der Waals surface area (Å²) in [6.07, 6.45) is 2.70. The Labute approximate surface area is 137 Å². The summed E-state index contributed by atoms with van der Waals surface area (Å²) in [5.41, 5.74) is 1.90. The zero-order valence-corrected chi connectivity index (χ0v) is 13.6. The standard InChI is InChI=1S/C17H17N3O2S/c1-2-12-3-5-13(6-4-12)19-15(21)7-9-20-11-18-16-14(17(20)22)8-10-23-16/h3-6,8,10-11H,2,7,9H2,1H3,(H,19,21). The number of rotatable bonds is 5. The molecule has 0 spiro atoms. The molecule has 3 rings (SSSR count). The average molecular weight is 327 g/mol. The number of thiophene rings is 1.